The van der Waals surface area contributed by atoms with Gasteiger partial charge >= 0.3 is 0 Å². The molecular formula is C10H7FNO2-. The number of benzene rings is 1. The van der Waals surface area contributed by atoms with E-state index < -0.39 is 5.97 Å². The van der Waals surface area contributed by atoms with Crippen LogP contribution in [0.3, 0.4) is 0 Å². The summed E-state index contributed by atoms with van der Waals surface area (Å²) in [6.45, 7) is 0. The summed E-state index contributed by atoms with van der Waals surface area (Å²) in [6, 6.07) is 4.18. The van der Waals surface area contributed by atoms with Gasteiger partial charge in [0.25, 0.3) is 0 Å². The number of nitrogens with one attached hydrogen (secondary N) is 1. The molecule has 1 aromatic heterocycles. The van der Waals surface area contributed by atoms with Gasteiger partial charge in [-0.25, -0.2) is 4.39 Å². The fraction of sp³-hybridized carbons (Fsp3) is 0.100. The molecule has 0 saturated carbocycles. The van der Waals surface area contributed by atoms with E-state index in [9.17, 15) is 14.3 Å². The van der Waals surface area contributed by atoms with Crippen LogP contribution in [0.5, 0.6) is 0 Å². The zero-order valence-corrected chi connectivity index (χ0v) is 7.21. The lowest BCUT2D eigenvalue weighted by molar-refractivity contribution is -0.304. The summed E-state index contributed by atoms with van der Waals surface area (Å²) < 4.78 is 12.8. The minimum absolute atomic E-state index is 0.161. The minimum Gasteiger partial charge on any atom is -0.550 e. The van der Waals surface area contributed by atoms with Crippen molar-refractivity contribution in [3.63, 3.8) is 0 Å². The number of aliphatic carboxylic acids is 1. The monoisotopic (exact) mass is 192 g/mol. The molecule has 0 spiro atoms. The molecule has 2 aromatic rings. The molecule has 14 heavy (non-hydrogen) atoms. The van der Waals surface area contributed by atoms with Crippen LogP contribution in [0.4, 0.5) is 4.39 Å². The Kier molecular flexibility index (Phi) is 1.96. The summed E-state index contributed by atoms with van der Waals surface area (Å²) in [4.78, 5) is 13.2. The van der Waals surface area contributed by atoms with Gasteiger partial charge < -0.3 is 14.9 Å². The minimum atomic E-state index is -1.14. The molecule has 0 amide bonds. The first-order valence-corrected chi connectivity index (χ1v) is 4.12. The molecule has 0 bridgehead atoms. The molecule has 1 N–H and O–H groups in total. The molecule has 0 saturated heterocycles. The highest BCUT2D eigenvalue weighted by Gasteiger charge is 2.04. The third-order valence-electron chi connectivity index (χ3n) is 2.06. The SMILES string of the molecule is O=C([O-])Cc1c[nH]c2cc(F)ccc12. The summed E-state index contributed by atoms with van der Waals surface area (Å²) in [5.41, 5.74) is 1.21. The Balaban J connectivity index is 2.52. The third-order valence-corrected chi connectivity index (χ3v) is 2.06. The molecule has 3 nitrogen and oxygen atoms in total. The fourth-order valence-electron chi connectivity index (χ4n) is 1.46. The second kappa shape index (κ2) is 3.14. The molecular weight excluding hydrogens is 185 g/mol. The van der Waals surface area contributed by atoms with E-state index in [4.69, 9.17) is 0 Å². The average Bonchev–Trinajstić information content (AvgIpc) is 2.47. The number of aromatic amines is 1. The summed E-state index contributed by atoms with van der Waals surface area (Å²) in [5, 5.41) is 11.1. The number of hydrogen-bond acceptors (Lipinski definition) is 2. The number of H-pyrrole nitrogens is 1. The van der Waals surface area contributed by atoms with Crippen LogP contribution < -0.4 is 5.11 Å². The van der Waals surface area contributed by atoms with Gasteiger partial charge in [0.2, 0.25) is 0 Å². The number of carboxylic acids is 1. The molecule has 1 aromatic carbocycles. The van der Waals surface area contributed by atoms with Crippen molar-refractivity contribution in [2.75, 3.05) is 0 Å². The number of halogens is 1. The number of aromatic nitrogens is 1. The maximum atomic E-state index is 12.8. The van der Waals surface area contributed by atoms with Gasteiger partial charge in [0.05, 0.1) is 0 Å². The summed E-state index contributed by atoms with van der Waals surface area (Å²) >= 11 is 0. The van der Waals surface area contributed by atoms with Crippen molar-refractivity contribution in [2.45, 2.75) is 6.42 Å². The van der Waals surface area contributed by atoms with Crippen molar-refractivity contribution in [1.82, 2.24) is 4.98 Å². The van der Waals surface area contributed by atoms with Crippen molar-refractivity contribution in [1.29, 1.82) is 0 Å². The van der Waals surface area contributed by atoms with Crippen LogP contribution >= 0.6 is 0 Å². The van der Waals surface area contributed by atoms with E-state index in [1.807, 2.05) is 0 Å². The van der Waals surface area contributed by atoms with E-state index >= 15 is 0 Å². The zero-order valence-electron chi connectivity index (χ0n) is 7.21. The number of carboxylic acid groups (broad SMARTS) is 1. The first kappa shape index (κ1) is 8.74. The number of hydrogen-bond donors (Lipinski definition) is 1. The molecule has 0 aliphatic heterocycles. The molecule has 72 valence electrons. The second-order valence-corrected chi connectivity index (χ2v) is 3.05. The second-order valence-electron chi connectivity index (χ2n) is 3.05. The van der Waals surface area contributed by atoms with E-state index in [1.165, 1.54) is 12.1 Å². The van der Waals surface area contributed by atoms with Crippen molar-refractivity contribution in [3.05, 3.63) is 35.8 Å². The van der Waals surface area contributed by atoms with E-state index in [1.54, 1.807) is 12.3 Å². The Hall–Kier alpha value is -1.84. The molecule has 1 heterocycles. The molecule has 0 atom stereocenters. The first-order chi connectivity index (χ1) is 6.66. The fourth-order valence-corrected chi connectivity index (χ4v) is 1.46. The number of carbonyl (C=O) groups excluding carboxylic acids is 1. The zero-order chi connectivity index (χ0) is 10.1. The Morgan fingerprint density at radius 2 is 2.29 bits per heavy atom. The van der Waals surface area contributed by atoms with Gasteiger partial charge in [-0.15, -0.1) is 0 Å². The standard InChI is InChI=1S/C10H8FNO2/c11-7-1-2-8-6(3-10(13)14)5-12-9(8)4-7/h1-2,4-5,12H,3H2,(H,13,14)/p-1. The molecule has 2 rings (SSSR count). The van der Waals surface area contributed by atoms with E-state index in [2.05, 4.69) is 4.98 Å². The summed E-state index contributed by atoms with van der Waals surface area (Å²) in [5.74, 6) is -1.49. The van der Waals surface area contributed by atoms with Crippen LogP contribution in [0.1, 0.15) is 5.56 Å². The van der Waals surface area contributed by atoms with Crippen molar-refractivity contribution in [2.24, 2.45) is 0 Å². The Morgan fingerprint density at radius 1 is 1.50 bits per heavy atom. The van der Waals surface area contributed by atoms with Crippen LogP contribution in [0.15, 0.2) is 24.4 Å². The molecule has 0 radical (unpaired) electrons. The Bertz CT molecular complexity index is 490. The van der Waals surface area contributed by atoms with Crippen LogP contribution in [-0.2, 0) is 11.2 Å². The van der Waals surface area contributed by atoms with Gasteiger partial charge in [-0.1, -0.05) is 0 Å². The largest absolute Gasteiger partial charge is 0.550 e. The van der Waals surface area contributed by atoms with Crippen LogP contribution in [0, 0.1) is 5.82 Å². The van der Waals surface area contributed by atoms with E-state index in [0.29, 0.717) is 11.1 Å². The lowest BCUT2D eigenvalue weighted by Crippen LogP contribution is -2.24. The predicted molar refractivity (Wildman–Crippen MR) is 47.0 cm³/mol. The van der Waals surface area contributed by atoms with Gasteiger partial charge in [0, 0.05) is 29.5 Å². The lowest BCUT2D eigenvalue weighted by Gasteiger charge is -1.99. The molecule has 0 aliphatic rings. The quantitative estimate of drug-likeness (QED) is 0.757. The molecule has 0 fully saturated rings. The topological polar surface area (TPSA) is 55.9 Å². The summed E-state index contributed by atoms with van der Waals surface area (Å²) in [7, 11) is 0. The van der Waals surface area contributed by atoms with E-state index in [-0.39, 0.29) is 12.2 Å². The number of rotatable bonds is 2. The van der Waals surface area contributed by atoms with Crippen molar-refractivity contribution in [3.8, 4) is 0 Å². The van der Waals surface area contributed by atoms with Crippen molar-refractivity contribution < 1.29 is 14.3 Å². The van der Waals surface area contributed by atoms with E-state index in [0.717, 1.165) is 5.39 Å². The third kappa shape index (κ3) is 1.46. The number of carbonyl (C=O) groups is 1. The highest BCUT2D eigenvalue weighted by atomic mass is 19.1. The molecule has 0 unspecified atom stereocenters. The smallest absolute Gasteiger partial charge is 0.125 e. The Labute approximate surface area is 79.2 Å². The molecule has 4 heteroatoms. The number of fused-ring (bicyclic) bond motifs is 1. The van der Waals surface area contributed by atoms with Crippen LogP contribution in [-0.4, -0.2) is 11.0 Å². The normalized spacial score (nSPS) is 10.6. The predicted octanol–water partition coefficient (Wildman–Crippen LogP) is 0.599. The van der Waals surface area contributed by atoms with Gasteiger partial charge in [-0.05, 0) is 23.8 Å². The highest BCUT2D eigenvalue weighted by Crippen LogP contribution is 2.19. The summed E-state index contributed by atoms with van der Waals surface area (Å²) in [6.07, 6.45) is 1.39. The molecule has 0 aliphatic carbocycles. The van der Waals surface area contributed by atoms with Gasteiger partial charge in [0.1, 0.15) is 5.82 Å². The lowest BCUT2D eigenvalue weighted by atomic mass is 10.1. The maximum Gasteiger partial charge on any atom is 0.125 e. The van der Waals surface area contributed by atoms with Gasteiger partial charge in [-0.3, -0.25) is 0 Å². The highest BCUT2D eigenvalue weighted by molar-refractivity contribution is 5.86. The maximum absolute atomic E-state index is 12.8. The van der Waals surface area contributed by atoms with Crippen LogP contribution in [0.25, 0.3) is 10.9 Å². The Morgan fingerprint density at radius 3 is 3.00 bits per heavy atom. The first-order valence-electron chi connectivity index (χ1n) is 4.12. The van der Waals surface area contributed by atoms with Crippen molar-refractivity contribution >= 4 is 16.9 Å². The van der Waals surface area contributed by atoms with Gasteiger partial charge in [-0.2, -0.15) is 0 Å². The van der Waals surface area contributed by atoms with Crippen LogP contribution in [0.2, 0.25) is 0 Å². The van der Waals surface area contributed by atoms with Gasteiger partial charge in [0.15, 0.2) is 0 Å². The average molecular weight is 192 g/mol.